The summed E-state index contributed by atoms with van der Waals surface area (Å²) in [6.45, 7) is 4.45. The van der Waals surface area contributed by atoms with E-state index in [9.17, 15) is 4.79 Å². The first kappa shape index (κ1) is 14.5. The maximum atomic E-state index is 11.6. The predicted octanol–water partition coefficient (Wildman–Crippen LogP) is 3.25. The van der Waals surface area contributed by atoms with Crippen molar-refractivity contribution >= 4 is 17.5 Å². The summed E-state index contributed by atoms with van der Waals surface area (Å²) in [5.74, 6) is 0.833. The molecule has 1 saturated heterocycles. The molecule has 0 spiro atoms. The van der Waals surface area contributed by atoms with E-state index >= 15 is 0 Å². The minimum atomic E-state index is -0.413. The summed E-state index contributed by atoms with van der Waals surface area (Å²) in [7, 11) is 1.66. The van der Waals surface area contributed by atoms with Crippen molar-refractivity contribution in [2.45, 2.75) is 26.2 Å². The molecule has 0 saturated carbocycles. The highest BCUT2D eigenvalue weighted by atomic mass is 16.5. The third-order valence-electron chi connectivity index (χ3n) is 3.31. The number of amides is 1. The lowest BCUT2D eigenvalue weighted by molar-refractivity contribution is 0.161. The van der Waals surface area contributed by atoms with Crippen molar-refractivity contribution in [3.05, 3.63) is 18.2 Å². The molecule has 0 atom stereocenters. The Bertz CT molecular complexity index is 456. The second kappa shape index (κ2) is 7.03. The molecular formula is C15H22N2O3. The van der Waals surface area contributed by atoms with Crippen LogP contribution in [0.4, 0.5) is 16.2 Å². The molecule has 1 amide bonds. The fourth-order valence-electron chi connectivity index (χ4n) is 2.32. The molecule has 110 valence electrons. The zero-order valence-electron chi connectivity index (χ0n) is 12.1. The zero-order valence-corrected chi connectivity index (χ0v) is 12.1. The van der Waals surface area contributed by atoms with Gasteiger partial charge in [-0.2, -0.15) is 0 Å². The molecule has 1 aromatic rings. The molecule has 5 heteroatoms. The van der Waals surface area contributed by atoms with Crippen LogP contribution in [0.3, 0.4) is 0 Å². The average molecular weight is 278 g/mol. The van der Waals surface area contributed by atoms with Gasteiger partial charge in [0.25, 0.3) is 0 Å². The molecule has 1 fully saturated rings. The van der Waals surface area contributed by atoms with E-state index in [0.29, 0.717) is 6.61 Å². The Morgan fingerprint density at radius 1 is 1.35 bits per heavy atom. The third-order valence-corrected chi connectivity index (χ3v) is 3.31. The Labute approximate surface area is 119 Å². The standard InChI is InChI=1S/C15H22N2O3/c1-3-10-20-15(18)16-12-6-7-14(19-2)13(11-12)17-8-4-5-9-17/h6-7,11H,3-5,8-10H2,1-2H3,(H,16,18). The second-order valence-corrected chi connectivity index (χ2v) is 4.84. The van der Waals surface area contributed by atoms with Crippen LogP contribution in [-0.4, -0.2) is 32.9 Å². The number of hydrogen-bond acceptors (Lipinski definition) is 4. The van der Waals surface area contributed by atoms with E-state index in [1.54, 1.807) is 7.11 Å². The highest BCUT2D eigenvalue weighted by Crippen LogP contribution is 2.33. The zero-order chi connectivity index (χ0) is 14.4. The van der Waals surface area contributed by atoms with Crippen LogP contribution in [-0.2, 0) is 4.74 Å². The molecule has 0 unspecified atom stereocenters. The van der Waals surface area contributed by atoms with Gasteiger partial charge in [-0.25, -0.2) is 4.79 Å². The summed E-state index contributed by atoms with van der Waals surface area (Å²) in [6.07, 6.45) is 2.79. The highest BCUT2D eigenvalue weighted by molar-refractivity contribution is 5.86. The van der Waals surface area contributed by atoms with E-state index in [0.717, 1.165) is 36.6 Å². The Morgan fingerprint density at radius 3 is 2.75 bits per heavy atom. The highest BCUT2D eigenvalue weighted by Gasteiger charge is 2.17. The molecule has 5 nitrogen and oxygen atoms in total. The van der Waals surface area contributed by atoms with Crippen LogP contribution in [0.2, 0.25) is 0 Å². The number of hydrogen-bond donors (Lipinski definition) is 1. The summed E-state index contributed by atoms with van der Waals surface area (Å²) < 4.78 is 10.4. The van der Waals surface area contributed by atoms with Gasteiger partial charge in [0.05, 0.1) is 19.4 Å². The van der Waals surface area contributed by atoms with Crippen LogP contribution >= 0.6 is 0 Å². The molecule has 1 N–H and O–H groups in total. The Hall–Kier alpha value is -1.91. The van der Waals surface area contributed by atoms with Gasteiger partial charge in [-0.15, -0.1) is 0 Å². The van der Waals surface area contributed by atoms with Crippen molar-refractivity contribution in [1.29, 1.82) is 0 Å². The molecule has 1 aliphatic heterocycles. The Morgan fingerprint density at radius 2 is 2.10 bits per heavy atom. The fraction of sp³-hybridized carbons (Fsp3) is 0.533. The summed E-state index contributed by atoms with van der Waals surface area (Å²) >= 11 is 0. The molecule has 0 aliphatic carbocycles. The maximum Gasteiger partial charge on any atom is 0.411 e. The van der Waals surface area contributed by atoms with Crippen molar-refractivity contribution in [2.75, 3.05) is 37.0 Å². The van der Waals surface area contributed by atoms with Gasteiger partial charge in [-0.3, -0.25) is 5.32 Å². The number of methoxy groups -OCH3 is 1. The number of carbonyl (C=O) groups excluding carboxylic acids is 1. The average Bonchev–Trinajstić information content (AvgIpc) is 2.99. The number of nitrogens with zero attached hydrogens (tertiary/aromatic N) is 1. The molecule has 20 heavy (non-hydrogen) atoms. The quantitative estimate of drug-likeness (QED) is 0.898. The minimum absolute atomic E-state index is 0.413. The number of carbonyl (C=O) groups is 1. The van der Waals surface area contributed by atoms with Gasteiger partial charge in [0.15, 0.2) is 0 Å². The topological polar surface area (TPSA) is 50.8 Å². The van der Waals surface area contributed by atoms with Gasteiger partial charge < -0.3 is 14.4 Å². The first-order valence-corrected chi connectivity index (χ1v) is 7.11. The lowest BCUT2D eigenvalue weighted by Crippen LogP contribution is -2.19. The molecule has 1 aliphatic rings. The first-order valence-electron chi connectivity index (χ1n) is 7.11. The van der Waals surface area contributed by atoms with Crippen LogP contribution in [0.5, 0.6) is 5.75 Å². The van der Waals surface area contributed by atoms with Crippen LogP contribution < -0.4 is 15.0 Å². The Balaban J connectivity index is 2.10. The van der Waals surface area contributed by atoms with Crippen molar-refractivity contribution in [3.63, 3.8) is 0 Å². The van der Waals surface area contributed by atoms with Crippen LogP contribution in [0.15, 0.2) is 18.2 Å². The van der Waals surface area contributed by atoms with Gasteiger partial charge in [-0.05, 0) is 37.5 Å². The van der Waals surface area contributed by atoms with E-state index in [-0.39, 0.29) is 0 Å². The molecular weight excluding hydrogens is 256 g/mol. The van der Waals surface area contributed by atoms with E-state index in [4.69, 9.17) is 9.47 Å². The van der Waals surface area contributed by atoms with Crippen molar-refractivity contribution in [3.8, 4) is 5.75 Å². The van der Waals surface area contributed by atoms with Gasteiger partial charge in [-0.1, -0.05) is 6.92 Å². The normalized spacial score (nSPS) is 14.2. The number of rotatable bonds is 5. The van der Waals surface area contributed by atoms with Gasteiger partial charge in [0.2, 0.25) is 0 Å². The fourth-order valence-corrected chi connectivity index (χ4v) is 2.32. The van der Waals surface area contributed by atoms with Crippen molar-refractivity contribution in [2.24, 2.45) is 0 Å². The first-order chi connectivity index (χ1) is 9.74. The lowest BCUT2D eigenvalue weighted by Gasteiger charge is -2.21. The minimum Gasteiger partial charge on any atom is -0.495 e. The van der Waals surface area contributed by atoms with Crippen LogP contribution in [0.25, 0.3) is 0 Å². The SMILES string of the molecule is CCCOC(=O)Nc1ccc(OC)c(N2CCCC2)c1. The monoisotopic (exact) mass is 278 g/mol. The summed E-state index contributed by atoms with van der Waals surface area (Å²) in [4.78, 5) is 13.9. The van der Waals surface area contributed by atoms with Crippen molar-refractivity contribution < 1.29 is 14.3 Å². The lowest BCUT2D eigenvalue weighted by atomic mass is 10.2. The van der Waals surface area contributed by atoms with E-state index in [1.807, 2.05) is 25.1 Å². The second-order valence-electron chi connectivity index (χ2n) is 4.84. The molecule has 2 rings (SSSR count). The summed E-state index contributed by atoms with van der Waals surface area (Å²) in [5, 5.41) is 2.75. The summed E-state index contributed by atoms with van der Waals surface area (Å²) in [6, 6.07) is 5.64. The maximum absolute atomic E-state index is 11.6. The van der Waals surface area contributed by atoms with E-state index in [1.165, 1.54) is 12.8 Å². The molecule has 1 heterocycles. The smallest absolute Gasteiger partial charge is 0.411 e. The largest absolute Gasteiger partial charge is 0.495 e. The van der Waals surface area contributed by atoms with E-state index < -0.39 is 6.09 Å². The van der Waals surface area contributed by atoms with Gasteiger partial charge >= 0.3 is 6.09 Å². The summed E-state index contributed by atoms with van der Waals surface area (Å²) in [5.41, 5.74) is 1.76. The third kappa shape index (κ3) is 3.56. The molecule has 0 bridgehead atoms. The number of anilines is 2. The predicted molar refractivity (Wildman–Crippen MR) is 79.7 cm³/mol. The number of benzene rings is 1. The van der Waals surface area contributed by atoms with Crippen molar-refractivity contribution in [1.82, 2.24) is 0 Å². The Kier molecular flexibility index (Phi) is 5.09. The number of nitrogens with one attached hydrogen (secondary N) is 1. The number of ether oxygens (including phenoxy) is 2. The van der Waals surface area contributed by atoms with Gasteiger partial charge in [0.1, 0.15) is 5.75 Å². The van der Waals surface area contributed by atoms with Crippen LogP contribution in [0.1, 0.15) is 26.2 Å². The van der Waals surface area contributed by atoms with Crippen LogP contribution in [0, 0.1) is 0 Å². The van der Waals surface area contributed by atoms with Gasteiger partial charge in [0, 0.05) is 18.8 Å². The molecule has 1 aromatic carbocycles. The molecule has 0 radical (unpaired) electrons. The van der Waals surface area contributed by atoms with E-state index in [2.05, 4.69) is 10.2 Å². The molecule has 0 aromatic heterocycles.